The van der Waals surface area contributed by atoms with Gasteiger partial charge >= 0.3 is 5.97 Å². The average molecular weight is 201 g/mol. The summed E-state index contributed by atoms with van der Waals surface area (Å²) < 4.78 is 0. The minimum Gasteiger partial charge on any atom is -0.481 e. The first-order valence-corrected chi connectivity index (χ1v) is 5.19. The molecule has 0 saturated carbocycles. The molecule has 0 aromatic heterocycles. The number of aliphatic hydroxyl groups is 1. The second-order valence-corrected chi connectivity index (χ2v) is 4.06. The van der Waals surface area contributed by atoms with Crippen LogP contribution in [0.5, 0.6) is 0 Å². The molecule has 2 N–H and O–H groups in total. The molecule has 0 aliphatic carbocycles. The topological polar surface area (TPSA) is 60.8 Å². The van der Waals surface area contributed by atoms with Crippen LogP contribution in [0.3, 0.4) is 0 Å². The number of aliphatic hydroxyl groups excluding tert-OH is 1. The first kappa shape index (κ1) is 11.5. The molecule has 0 aromatic rings. The van der Waals surface area contributed by atoms with Crippen LogP contribution in [0.25, 0.3) is 0 Å². The SMILES string of the molecule is CN1CCC(C(=O)O)CC1CCCO. The number of aliphatic carboxylic acids is 1. The lowest BCUT2D eigenvalue weighted by Gasteiger charge is -2.35. The van der Waals surface area contributed by atoms with Gasteiger partial charge in [-0.3, -0.25) is 4.79 Å². The standard InChI is InChI=1S/C10H19NO3/c1-11-5-4-8(10(13)14)7-9(11)3-2-6-12/h8-9,12H,2-7H2,1H3,(H,13,14). The van der Waals surface area contributed by atoms with Crippen molar-refractivity contribution in [2.45, 2.75) is 31.7 Å². The summed E-state index contributed by atoms with van der Waals surface area (Å²) in [7, 11) is 2.03. The highest BCUT2D eigenvalue weighted by molar-refractivity contribution is 5.70. The van der Waals surface area contributed by atoms with Crippen LogP contribution in [0, 0.1) is 5.92 Å². The molecule has 1 saturated heterocycles. The number of carboxylic acids is 1. The maximum absolute atomic E-state index is 10.8. The van der Waals surface area contributed by atoms with Gasteiger partial charge in [-0.2, -0.15) is 0 Å². The Labute approximate surface area is 84.5 Å². The van der Waals surface area contributed by atoms with Crippen LogP contribution in [0.4, 0.5) is 0 Å². The Kier molecular flexibility index (Phi) is 4.35. The highest BCUT2D eigenvalue weighted by Gasteiger charge is 2.29. The van der Waals surface area contributed by atoms with Gasteiger partial charge in [0.15, 0.2) is 0 Å². The van der Waals surface area contributed by atoms with Crippen molar-refractivity contribution in [2.75, 3.05) is 20.2 Å². The van der Waals surface area contributed by atoms with E-state index in [-0.39, 0.29) is 12.5 Å². The minimum absolute atomic E-state index is 0.185. The summed E-state index contributed by atoms with van der Waals surface area (Å²) in [5.41, 5.74) is 0. The van der Waals surface area contributed by atoms with Gasteiger partial charge in [0.25, 0.3) is 0 Å². The normalized spacial score (nSPS) is 29.0. The van der Waals surface area contributed by atoms with Gasteiger partial charge in [0.05, 0.1) is 5.92 Å². The highest BCUT2D eigenvalue weighted by atomic mass is 16.4. The summed E-state index contributed by atoms with van der Waals surface area (Å²) in [6.45, 7) is 1.05. The molecule has 1 rings (SSSR count). The molecule has 82 valence electrons. The van der Waals surface area contributed by atoms with E-state index < -0.39 is 5.97 Å². The molecule has 0 amide bonds. The Balaban J connectivity index is 2.42. The Morgan fingerprint density at radius 1 is 1.57 bits per heavy atom. The molecule has 1 fully saturated rings. The Bertz CT molecular complexity index is 196. The van der Waals surface area contributed by atoms with Crippen molar-refractivity contribution in [2.24, 2.45) is 5.92 Å². The molecule has 0 bridgehead atoms. The molecule has 0 spiro atoms. The predicted molar refractivity (Wildman–Crippen MR) is 53.1 cm³/mol. The van der Waals surface area contributed by atoms with Crippen LogP contribution in [0.15, 0.2) is 0 Å². The fourth-order valence-corrected chi connectivity index (χ4v) is 2.06. The Morgan fingerprint density at radius 2 is 2.29 bits per heavy atom. The first-order chi connectivity index (χ1) is 6.65. The maximum atomic E-state index is 10.8. The molecule has 1 heterocycles. The van der Waals surface area contributed by atoms with Gasteiger partial charge in [-0.15, -0.1) is 0 Å². The summed E-state index contributed by atoms with van der Waals surface area (Å²) in [6, 6.07) is 0.331. The minimum atomic E-state index is -0.674. The number of rotatable bonds is 4. The lowest BCUT2D eigenvalue weighted by molar-refractivity contribution is -0.144. The van der Waals surface area contributed by atoms with Crippen molar-refractivity contribution in [3.63, 3.8) is 0 Å². The number of piperidine rings is 1. The van der Waals surface area contributed by atoms with Gasteiger partial charge in [0.2, 0.25) is 0 Å². The van der Waals surface area contributed by atoms with Crippen LogP contribution < -0.4 is 0 Å². The fraction of sp³-hybridized carbons (Fsp3) is 0.900. The molecule has 1 aliphatic rings. The lowest BCUT2D eigenvalue weighted by Crippen LogP contribution is -2.41. The van der Waals surface area contributed by atoms with Crippen molar-refractivity contribution in [3.8, 4) is 0 Å². The Hall–Kier alpha value is -0.610. The molecule has 4 nitrogen and oxygen atoms in total. The Morgan fingerprint density at radius 3 is 2.86 bits per heavy atom. The van der Waals surface area contributed by atoms with Crippen molar-refractivity contribution in [1.29, 1.82) is 0 Å². The van der Waals surface area contributed by atoms with E-state index in [1.54, 1.807) is 0 Å². The maximum Gasteiger partial charge on any atom is 0.306 e. The van der Waals surface area contributed by atoms with E-state index in [4.69, 9.17) is 10.2 Å². The molecular weight excluding hydrogens is 182 g/mol. The van der Waals surface area contributed by atoms with Crippen molar-refractivity contribution in [1.82, 2.24) is 4.90 Å². The number of carboxylic acid groups (broad SMARTS) is 1. The fourth-order valence-electron chi connectivity index (χ4n) is 2.06. The van der Waals surface area contributed by atoms with E-state index in [1.165, 1.54) is 0 Å². The van der Waals surface area contributed by atoms with Gasteiger partial charge in [-0.25, -0.2) is 0 Å². The van der Waals surface area contributed by atoms with Crippen molar-refractivity contribution >= 4 is 5.97 Å². The number of carbonyl (C=O) groups is 1. The zero-order chi connectivity index (χ0) is 10.6. The molecule has 2 unspecified atom stereocenters. The zero-order valence-corrected chi connectivity index (χ0v) is 8.65. The van der Waals surface area contributed by atoms with E-state index in [2.05, 4.69) is 4.90 Å². The third-order valence-electron chi connectivity index (χ3n) is 3.05. The average Bonchev–Trinajstić information content (AvgIpc) is 2.16. The number of hydrogen-bond acceptors (Lipinski definition) is 3. The summed E-state index contributed by atoms with van der Waals surface area (Å²) in [5, 5.41) is 17.6. The molecule has 1 aliphatic heterocycles. The van der Waals surface area contributed by atoms with Crippen LogP contribution in [0.1, 0.15) is 25.7 Å². The highest BCUT2D eigenvalue weighted by Crippen LogP contribution is 2.24. The van der Waals surface area contributed by atoms with Gasteiger partial charge in [0.1, 0.15) is 0 Å². The zero-order valence-electron chi connectivity index (χ0n) is 8.65. The van der Waals surface area contributed by atoms with Gasteiger partial charge in [0, 0.05) is 12.6 Å². The number of likely N-dealkylation sites (tertiary alicyclic amines) is 1. The molecular formula is C10H19NO3. The molecule has 4 heteroatoms. The summed E-state index contributed by atoms with van der Waals surface area (Å²) in [6.07, 6.45) is 3.14. The first-order valence-electron chi connectivity index (χ1n) is 5.19. The van der Waals surface area contributed by atoms with Gasteiger partial charge in [-0.05, 0) is 39.3 Å². The van der Waals surface area contributed by atoms with Crippen molar-refractivity contribution < 1.29 is 15.0 Å². The van der Waals surface area contributed by atoms with E-state index in [9.17, 15) is 4.79 Å². The number of nitrogens with zero attached hydrogens (tertiary/aromatic N) is 1. The summed E-state index contributed by atoms with van der Waals surface area (Å²) in [5.74, 6) is -0.859. The van der Waals surface area contributed by atoms with Crippen molar-refractivity contribution in [3.05, 3.63) is 0 Å². The van der Waals surface area contributed by atoms with Crippen LogP contribution >= 0.6 is 0 Å². The quantitative estimate of drug-likeness (QED) is 0.697. The molecule has 14 heavy (non-hydrogen) atoms. The van der Waals surface area contributed by atoms with Gasteiger partial charge in [-0.1, -0.05) is 0 Å². The van der Waals surface area contributed by atoms with E-state index in [0.717, 1.165) is 32.2 Å². The second-order valence-electron chi connectivity index (χ2n) is 4.06. The largest absolute Gasteiger partial charge is 0.481 e. The molecule has 2 atom stereocenters. The van der Waals surface area contributed by atoms with Crippen LogP contribution in [-0.4, -0.2) is 47.3 Å². The predicted octanol–water partition coefficient (Wildman–Crippen LogP) is 0.554. The number of hydrogen-bond donors (Lipinski definition) is 2. The summed E-state index contributed by atoms with van der Waals surface area (Å²) in [4.78, 5) is 13.0. The van der Waals surface area contributed by atoms with Crippen LogP contribution in [-0.2, 0) is 4.79 Å². The van der Waals surface area contributed by atoms with E-state index in [1.807, 2.05) is 7.05 Å². The second kappa shape index (κ2) is 5.32. The third-order valence-corrected chi connectivity index (χ3v) is 3.05. The monoisotopic (exact) mass is 201 g/mol. The third kappa shape index (κ3) is 2.96. The lowest BCUT2D eigenvalue weighted by atomic mass is 9.89. The molecule has 0 radical (unpaired) electrons. The van der Waals surface area contributed by atoms with Crippen LogP contribution in [0.2, 0.25) is 0 Å². The molecule has 0 aromatic carbocycles. The van der Waals surface area contributed by atoms with Gasteiger partial charge < -0.3 is 15.1 Å². The summed E-state index contributed by atoms with van der Waals surface area (Å²) >= 11 is 0. The smallest absolute Gasteiger partial charge is 0.306 e. The van der Waals surface area contributed by atoms with E-state index in [0.29, 0.717) is 6.04 Å². The van der Waals surface area contributed by atoms with E-state index >= 15 is 0 Å².